The van der Waals surface area contributed by atoms with E-state index in [1.165, 1.54) is 0 Å². The number of nitrogens with zero attached hydrogens (tertiary/aromatic N) is 4. The smallest absolute Gasteiger partial charge is 0.255 e. The van der Waals surface area contributed by atoms with Crippen LogP contribution < -0.4 is 10.5 Å². The van der Waals surface area contributed by atoms with Crippen LogP contribution in [0.3, 0.4) is 0 Å². The lowest BCUT2D eigenvalue weighted by atomic mass is 9.90. The molecule has 0 radical (unpaired) electrons. The van der Waals surface area contributed by atoms with Gasteiger partial charge in [-0.1, -0.05) is 6.07 Å². The standard InChI is InChI=1S/C23H19N5O2/c24-11-17-21(15-3-4-20-14(10-15)6-9-30-20)18-13-28(8-5-19(18)27-22(17)25)23(29)16-2-1-7-26-12-16/h1-4,7,10,12H,5-6,8-9,13H2,(H2,25,27). The Kier molecular flexibility index (Phi) is 4.32. The molecule has 2 aliphatic rings. The number of rotatable bonds is 2. The van der Waals surface area contributed by atoms with E-state index in [0.717, 1.165) is 40.1 Å². The molecule has 0 spiro atoms. The van der Waals surface area contributed by atoms with Gasteiger partial charge in [-0.25, -0.2) is 4.98 Å². The van der Waals surface area contributed by atoms with Gasteiger partial charge in [0.1, 0.15) is 23.2 Å². The first-order valence-corrected chi connectivity index (χ1v) is 9.82. The normalized spacial score (nSPS) is 14.4. The van der Waals surface area contributed by atoms with E-state index < -0.39 is 0 Å². The van der Waals surface area contributed by atoms with E-state index in [0.29, 0.717) is 37.2 Å². The first kappa shape index (κ1) is 18.1. The summed E-state index contributed by atoms with van der Waals surface area (Å²) in [5, 5.41) is 9.83. The second kappa shape index (κ2) is 7.16. The number of carbonyl (C=O) groups excluding carboxylic acids is 1. The number of carbonyl (C=O) groups is 1. The topological polar surface area (TPSA) is 105 Å². The molecule has 2 aliphatic heterocycles. The molecule has 0 atom stereocenters. The Morgan fingerprint density at radius 1 is 1.27 bits per heavy atom. The highest BCUT2D eigenvalue weighted by atomic mass is 16.5. The van der Waals surface area contributed by atoms with Crippen molar-refractivity contribution in [3.63, 3.8) is 0 Å². The van der Waals surface area contributed by atoms with Crippen LogP contribution in [0.2, 0.25) is 0 Å². The maximum Gasteiger partial charge on any atom is 0.255 e. The number of pyridine rings is 2. The second-order valence-corrected chi connectivity index (χ2v) is 7.42. The van der Waals surface area contributed by atoms with Crippen LogP contribution in [0.1, 0.15) is 32.7 Å². The van der Waals surface area contributed by atoms with Crippen molar-refractivity contribution in [2.24, 2.45) is 0 Å². The zero-order chi connectivity index (χ0) is 20.7. The minimum atomic E-state index is -0.0858. The minimum Gasteiger partial charge on any atom is -0.493 e. The summed E-state index contributed by atoms with van der Waals surface area (Å²) in [5.74, 6) is 1.02. The van der Waals surface area contributed by atoms with Crippen LogP contribution in [0, 0.1) is 11.3 Å². The predicted octanol–water partition coefficient (Wildman–Crippen LogP) is 2.73. The predicted molar refractivity (Wildman–Crippen MR) is 111 cm³/mol. The van der Waals surface area contributed by atoms with Gasteiger partial charge in [0.15, 0.2) is 0 Å². The molecular formula is C23H19N5O2. The summed E-state index contributed by atoms with van der Waals surface area (Å²) >= 11 is 0. The van der Waals surface area contributed by atoms with Crippen molar-refractivity contribution in [3.8, 4) is 22.9 Å². The quantitative estimate of drug-likeness (QED) is 0.713. The van der Waals surface area contributed by atoms with Gasteiger partial charge in [-0.2, -0.15) is 5.26 Å². The molecule has 0 bridgehead atoms. The number of fused-ring (bicyclic) bond motifs is 2. The first-order valence-electron chi connectivity index (χ1n) is 9.82. The summed E-state index contributed by atoms with van der Waals surface area (Å²) in [4.78, 5) is 23.3. The Balaban J connectivity index is 1.61. The van der Waals surface area contributed by atoms with Crippen molar-refractivity contribution < 1.29 is 9.53 Å². The number of anilines is 1. The molecule has 30 heavy (non-hydrogen) atoms. The Hall–Kier alpha value is -3.92. The third-order valence-electron chi connectivity index (χ3n) is 5.66. The van der Waals surface area contributed by atoms with E-state index in [-0.39, 0.29) is 11.7 Å². The number of nitriles is 1. The summed E-state index contributed by atoms with van der Waals surface area (Å²) in [7, 11) is 0. The summed E-state index contributed by atoms with van der Waals surface area (Å²) in [5.41, 5.74) is 11.5. The summed E-state index contributed by atoms with van der Waals surface area (Å²) in [6, 6.07) is 11.7. The number of ether oxygens (including phenoxy) is 1. The van der Waals surface area contributed by atoms with E-state index in [9.17, 15) is 10.1 Å². The van der Waals surface area contributed by atoms with E-state index in [1.807, 2.05) is 12.1 Å². The molecule has 1 aromatic carbocycles. The van der Waals surface area contributed by atoms with Crippen molar-refractivity contribution in [2.75, 3.05) is 18.9 Å². The van der Waals surface area contributed by atoms with Crippen LogP contribution in [0.15, 0.2) is 42.7 Å². The van der Waals surface area contributed by atoms with Crippen molar-refractivity contribution in [1.29, 1.82) is 5.26 Å². The van der Waals surface area contributed by atoms with Gasteiger partial charge >= 0.3 is 0 Å². The molecule has 1 amide bonds. The zero-order valence-corrected chi connectivity index (χ0v) is 16.3. The highest BCUT2D eigenvalue weighted by Gasteiger charge is 2.28. The van der Waals surface area contributed by atoms with Gasteiger partial charge < -0.3 is 15.4 Å². The average molecular weight is 397 g/mol. The van der Waals surface area contributed by atoms with Crippen molar-refractivity contribution in [3.05, 3.63) is 70.7 Å². The van der Waals surface area contributed by atoms with Gasteiger partial charge in [0.25, 0.3) is 5.91 Å². The Labute approximate surface area is 173 Å². The third-order valence-corrected chi connectivity index (χ3v) is 5.66. The number of amides is 1. The molecule has 0 aliphatic carbocycles. The molecule has 0 saturated heterocycles. The molecule has 3 aromatic rings. The maximum absolute atomic E-state index is 13.0. The van der Waals surface area contributed by atoms with Gasteiger partial charge in [-0.15, -0.1) is 0 Å². The van der Waals surface area contributed by atoms with Crippen molar-refractivity contribution >= 4 is 11.7 Å². The number of hydrogen-bond acceptors (Lipinski definition) is 6. The number of hydrogen-bond donors (Lipinski definition) is 1. The second-order valence-electron chi connectivity index (χ2n) is 7.42. The van der Waals surface area contributed by atoms with Crippen LogP contribution in [0.4, 0.5) is 5.82 Å². The molecule has 2 N–H and O–H groups in total. The first-order chi connectivity index (χ1) is 14.7. The van der Waals surface area contributed by atoms with Crippen LogP contribution >= 0.6 is 0 Å². The fourth-order valence-corrected chi connectivity index (χ4v) is 4.20. The average Bonchev–Trinajstić information content (AvgIpc) is 3.26. The maximum atomic E-state index is 13.0. The highest BCUT2D eigenvalue weighted by Crippen LogP contribution is 2.38. The number of aromatic nitrogens is 2. The molecule has 5 rings (SSSR count). The van der Waals surface area contributed by atoms with Gasteiger partial charge in [0, 0.05) is 49.5 Å². The van der Waals surface area contributed by atoms with Crippen LogP contribution in [-0.2, 0) is 19.4 Å². The molecule has 7 nitrogen and oxygen atoms in total. The summed E-state index contributed by atoms with van der Waals surface area (Å²) < 4.78 is 5.62. The number of nitrogens with two attached hydrogens (primary N) is 1. The van der Waals surface area contributed by atoms with E-state index in [4.69, 9.17) is 10.5 Å². The van der Waals surface area contributed by atoms with Gasteiger partial charge in [-0.3, -0.25) is 9.78 Å². The van der Waals surface area contributed by atoms with E-state index in [2.05, 4.69) is 22.1 Å². The Morgan fingerprint density at radius 3 is 2.97 bits per heavy atom. The molecule has 0 fully saturated rings. The van der Waals surface area contributed by atoms with Gasteiger partial charge in [-0.05, 0) is 35.4 Å². The van der Waals surface area contributed by atoms with E-state index >= 15 is 0 Å². The molecule has 0 unspecified atom stereocenters. The molecule has 2 aromatic heterocycles. The lowest BCUT2D eigenvalue weighted by molar-refractivity contribution is 0.0733. The highest BCUT2D eigenvalue weighted by molar-refractivity contribution is 5.94. The lowest BCUT2D eigenvalue weighted by Crippen LogP contribution is -2.37. The van der Waals surface area contributed by atoms with Crippen LogP contribution in [-0.4, -0.2) is 33.9 Å². The van der Waals surface area contributed by atoms with Crippen molar-refractivity contribution in [2.45, 2.75) is 19.4 Å². The lowest BCUT2D eigenvalue weighted by Gasteiger charge is -2.30. The molecule has 4 heterocycles. The molecule has 7 heteroatoms. The van der Waals surface area contributed by atoms with Crippen LogP contribution in [0.25, 0.3) is 11.1 Å². The zero-order valence-electron chi connectivity index (χ0n) is 16.3. The monoisotopic (exact) mass is 397 g/mol. The van der Waals surface area contributed by atoms with E-state index in [1.54, 1.807) is 29.4 Å². The third kappa shape index (κ3) is 2.94. The summed E-state index contributed by atoms with van der Waals surface area (Å²) in [6.07, 6.45) is 4.63. The molecule has 0 saturated carbocycles. The van der Waals surface area contributed by atoms with Gasteiger partial charge in [0.2, 0.25) is 0 Å². The SMILES string of the molecule is N#Cc1c(N)nc2c(c1-c1ccc3c(c1)CCO3)CN(C(=O)c1cccnc1)CC2. The molecule has 148 valence electrons. The Morgan fingerprint density at radius 2 is 2.17 bits per heavy atom. The molecular weight excluding hydrogens is 378 g/mol. The number of nitrogen functional groups attached to an aromatic ring is 1. The largest absolute Gasteiger partial charge is 0.493 e. The minimum absolute atomic E-state index is 0.0858. The Bertz CT molecular complexity index is 1200. The van der Waals surface area contributed by atoms with Crippen LogP contribution in [0.5, 0.6) is 5.75 Å². The summed E-state index contributed by atoms with van der Waals surface area (Å²) in [6.45, 7) is 1.57. The van der Waals surface area contributed by atoms with Gasteiger partial charge in [0.05, 0.1) is 17.9 Å². The fourth-order valence-electron chi connectivity index (χ4n) is 4.20. The number of benzene rings is 1. The fraction of sp³-hybridized carbons (Fsp3) is 0.217. The van der Waals surface area contributed by atoms with Crippen molar-refractivity contribution in [1.82, 2.24) is 14.9 Å².